The van der Waals surface area contributed by atoms with Crippen molar-refractivity contribution in [2.75, 3.05) is 16.8 Å². The van der Waals surface area contributed by atoms with Gasteiger partial charge < -0.3 is 14.8 Å². The lowest BCUT2D eigenvalue weighted by molar-refractivity contribution is -0.137. The third-order valence-electron chi connectivity index (χ3n) is 4.77. The van der Waals surface area contributed by atoms with Crippen LogP contribution in [0.2, 0.25) is 0 Å². The highest BCUT2D eigenvalue weighted by Crippen LogP contribution is 2.31. The second-order valence-electron chi connectivity index (χ2n) is 6.82. The van der Waals surface area contributed by atoms with E-state index in [1.807, 2.05) is 4.90 Å². The van der Waals surface area contributed by atoms with E-state index in [0.29, 0.717) is 42.5 Å². The van der Waals surface area contributed by atoms with E-state index in [1.54, 1.807) is 12.3 Å². The smallest absolute Gasteiger partial charge is 0.352 e. The lowest BCUT2D eigenvalue weighted by atomic mass is 10.1. The highest BCUT2D eigenvalue weighted by molar-refractivity contribution is 7.93. The molecule has 1 amide bonds. The molecule has 0 radical (unpaired) electrons. The molecule has 11 heteroatoms. The maximum atomic E-state index is 12.9. The molecular weight excluding hydrogens is 431 g/mol. The van der Waals surface area contributed by atoms with Gasteiger partial charge in [0.2, 0.25) is 5.16 Å². The van der Waals surface area contributed by atoms with Crippen molar-refractivity contribution in [2.45, 2.75) is 24.3 Å². The number of carbonyl (C=O) groups is 1. The van der Waals surface area contributed by atoms with E-state index in [1.165, 1.54) is 24.4 Å². The minimum absolute atomic E-state index is 0.0554. The summed E-state index contributed by atoms with van der Waals surface area (Å²) >= 11 is 0.492. The maximum Gasteiger partial charge on any atom is 0.416 e. The molecule has 2 N–H and O–H groups in total. The molecule has 0 unspecified atom stereocenters. The zero-order chi connectivity index (χ0) is 22.0. The Morgan fingerprint density at radius 2 is 2.03 bits per heavy atom. The van der Waals surface area contributed by atoms with Gasteiger partial charge in [0, 0.05) is 48.7 Å². The summed E-state index contributed by atoms with van der Waals surface area (Å²) in [5.74, 6) is 0.0243. The molecule has 0 bridgehead atoms. The van der Waals surface area contributed by atoms with Crippen molar-refractivity contribution in [2.24, 2.45) is 0 Å². The Morgan fingerprint density at radius 3 is 2.81 bits per heavy atom. The molecule has 31 heavy (non-hydrogen) atoms. The minimum Gasteiger partial charge on any atom is -0.352 e. The largest absolute Gasteiger partial charge is 0.416 e. The second-order valence-corrected chi connectivity index (χ2v) is 7.37. The Balaban J connectivity index is 1.50. The zero-order valence-electron chi connectivity index (χ0n) is 15.9. The van der Waals surface area contributed by atoms with Crippen molar-refractivity contribution in [1.29, 1.82) is 0 Å². The van der Waals surface area contributed by atoms with E-state index in [9.17, 15) is 18.0 Å². The van der Waals surface area contributed by atoms with Crippen molar-refractivity contribution in [3.05, 3.63) is 71.2 Å². The van der Waals surface area contributed by atoms with Gasteiger partial charge in [-0.25, -0.2) is 15.0 Å². The fraction of sp³-hybridized carbons (Fsp3) is 0.200. The number of amides is 1. The SMILES string of the molecule is O=C(Nc1cccc(C(F)(F)F)c1)c1ccnc(N2CCc3nc(SO)ncc3C2)c1. The third kappa shape index (κ3) is 4.78. The summed E-state index contributed by atoms with van der Waals surface area (Å²) in [6.45, 7) is 1.09. The molecule has 3 heterocycles. The predicted octanol–water partition coefficient (Wildman–Crippen LogP) is 4.27. The van der Waals surface area contributed by atoms with Crippen molar-refractivity contribution in [3.8, 4) is 0 Å². The summed E-state index contributed by atoms with van der Waals surface area (Å²) in [6.07, 6.45) is -0.742. The number of hydrogen-bond donors (Lipinski definition) is 2. The summed E-state index contributed by atoms with van der Waals surface area (Å²) in [7, 11) is 0. The third-order valence-corrected chi connectivity index (χ3v) is 5.13. The lowest BCUT2D eigenvalue weighted by Gasteiger charge is -2.29. The van der Waals surface area contributed by atoms with Gasteiger partial charge in [-0.2, -0.15) is 13.2 Å². The fourth-order valence-corrected chi connectivity index (χ4v) is 3.50. The van der Waals surface area contributed by atoms with Crippen LogP contribution in [-0.2, 0) is 19.1 Å². The maximum absolute atomic E-state index is 12.9. The Bertz CT molecular complexity index is 1130. The van der Waals surface area contributed by atoms with E-state index in [-0.39, 0.29) is 11.3 Å². The van der Waals surface area contributed by atoms with Crippen LogP contribution in [0.3, 0.4) is 0 Å². The van der Waals surface area contributed by atoms with Crippen LogP contribution in [0.1, 0.15) is 27.2 Å². The van der Waals surface area contributed by atoms with Crippen LogP contribution in [-0.4, -0.2) is 32.0 Å². The van der Waals surface area contributed by atoms with Crippen LogP contribution in [0.25, 0.3) is 0 Å². The molecule has 0 spiro atoms. The van der Waals surface area contributed by atoms with Crippen molar-refractivity contribution < 1.29 is 22.5 Å². The summed E-state index contributed by atoms with van der Waals surface area (Å²) in [5, 5.41) is 2.79. The number of alkyl halides is 3. The molecule has 7 nitrogen and oxygen atoms in total. The number of carbonyl (C=O) groups excluding carboxylic acids is 1. The topological polar surface area (TPSA) is 91.2 Å². The molecule has 1 aromatic carbocycles. The average Bonchev–Trinajstić information content (AvgIpc) is 2.78. The van der Waals surface area contributed by atoms with E-state index in [0.717, 1.165) is 23.4 Å². The first-order chi connectivity index (χ1) is 14.8. The Hall–Kier alpha value is -3.18. The predicted molar refractivity (Wildman–Crippen MR) is 109 cm³/mol. The molecule has 0 aliphatic carbocycles. The van der Waals surface area contributed by atoms with E-state index >= 15 is 0 Å². The number of nitrogens with one attached hydrogen (secondary N) is 1. The van der Waals surface area contributed by atoms with Crippen LogP contribution in [0.4, 0.5) is 24.7 Å². The monoisotopic (exact) mass is 447 g/mol. The molecule has 4 rings (SSSR count). The van der Waals surface area contributed by atoms with Gasteiger partial charge in [0.25, 0.3) is 5.91 Å². The minimum atomic E-state index is -4.49. The molecule has 1 aliphatic heterocycles. The van der Waals surface area contributed by atoms with Crippen molar-refractivity contribution >= 4 is 29.5 Å². The Kier molecular flexibility index (Phi) is 5.79. The van der Waals surface area contributed by atoms with Gasteiger partial charge in [0.1, 0.15) is 5.82 Å². The number of hydrogen-bond acceptors (Lipinski definition) is 7. The van der Waals surface area contributed by atoms with Crippen molar-refractivity contribution in [3.63, 3.8) is 0 Å². The highest BCUT2D eigenvalue weighted by Gasteiger charge is 2.30. The molecule has 0 saturated heterocycles. The van der Waals surface area contributed by atoms with Gasteiger partial charge in [-0.15, -0.1) is 0 Å². The first-order valence-corrected chi connectivity index (χ1v) is 9.96. The number of benzene rings is 1. The number of nitrogens with zero attached hydrogens (tertiary/aromatic N) is 4. The fourth-order valence-electron chi connectivity index (χ4n) is 3.25. The van der Waals surface area contributed by atoms with Crippen LogP contribution in [0, 0.1) is 0 Å². The van der Waals surface area contributed by atoms with Gasteiger partial charge in [0.15, 0.2) is 0 Å². The van der Waals surface area contributed by atoms with Gasteiger partial charge in [-0.1, -0.05) is 6.07 Å². The van der Waals surface area contributed by atoms with E-state index in [2.05, 4.69) is 20.3 Å². The lowest BCUT2D eigenvalue weighted by Crippen LogP contribution is -2.32. The standard InChI is InChI=1S/C20H16F3N5O2S/c21-20(22,23)14-2-1-3-15(9-14)26-18(29)12-4-6-24-17(8-12)28-7-5-16-13(11-28)10-25-19(27-16)31-30/h1-4,6,8-10,30H,5,7,11H2,(H,26,29). The van der Waals surface area contributed by atoms with E-state index < -0.39 is 17.6 Å². The molecule has 0 atom stereocenters. The summed E-state index contributed by atoms with van der Waals surface area (Å²) in [4.78, 5) is 27.2. The first kappa shape index (κ1) is 21.1. The average molecular weight is 447 g/mol. The molecule has 0 fully saturated rings. The summed E-state index contributed by atoms with van der Waals surface area (Å²) in [6, 6.07) is 7.56. The van der Waals surface area contributed by atoms with Crippen molar-refractivity contribution in [1.82, 2.24) is 15.0 Å². The second kappa shape index (κ2) is 8.52. The van der Waals surface area contributed by atoms with Gasteiger partial charge in [0.05, 0.1) is 23.3 Å². The highest BCUT2D eigenvalue weighted by atomic mass is 32.2. The Labute approximate surface area is 179 Å². The van der Waals surface area contributed by atoms with E-state index in [4.69, 9.17) is 4.55 Å². The number of fused-ring (bicyclic) bond motifs is 1. The molecule has 2 aromatic heterocycles. The molecule has 160 valence electrons. The zero-order valence-corrected chi connectivity index (χ0v) is 16.7. The van der Waals surface area contributed by atoms with Crippen LogP contribution < -0.4 is 10.2 Å². The van der Waals surface area contributed by atoms with Gasteiger partial charge in [-0.05, 0) is 30.3 Å². The number of rotatable bonds is 4. The van der Waals surface area contributed by atoms with Crippen LogP contribution >= 0.6 is 12.0 Å². The summed E-state index contributed by atoms with van der Waals surface area (Å²) in [5.41, 5.74) is 1.24. The molecular formula is C20H16F3N5O2S. The number of anilines is 2. The Morgan fingerprint density at radius 1 is 1.19 bits per heavy atom. The molecule has 3 aromatic rings. The van der Waals surface area contributed by atoms with Gasteiger partial charge >= 0.3 is 6.18 Å². The number of aromatic nitrogens is 3. The normalized spacial score (nSPS) is 13.6. The van der Waals surface area contributed by atoms with Crippen LogP contribution in [0.5, 0.6) is 0 Å². The van der Waals surface area contributed by atoms with Gasteiger partial charge in [-0.3, -0.25) is 4.79 Å². The van der Waals surface area contributed by atoms with Crippen LogP contribution in [0.15, 0.2) is 53.9 Å². The molecule has 0 saturated carbocycles. The summed E-state index contributed by atoms with van der Waals surface area (Å²) < 4.78 is 47.7. The number of halogens is 3. The number of pyridine rings is 1. The quantitative estimate of drug-likeness (QED) is 0.456. The first-order valence-electron chi connectivity index (χ1n) is 9.19. The molecule has 1 aliphatic rings.